The van der Waals surface area contributed by atoms with Crippen molar-refractivity contribution in [3.63, 3.8) is 0 Å². The van der Waals surface area contributed by atoms with Crippen molar-refractivity contribution >= 4 is 39.0 Å². The van der Waals surface area contributed by atoms with E-state index in [1.165, 1.54) is 55.6 Å². The second-order valence-corrected chi connectivity index (χ2v) is 17.0. The molecular formula is C51H43NO. The first-order valence-corrected chi connectivity index (χ1v) is 18.9. The molecule has 2 aliphatic carbocycles. The number of para-hydroxylation sites is 1. The number of anilines is 3. The summed E-state index contributed by atoms with van der Waals surface area (Å²) in [4.78, 5) is 2.43. The molecule has 1 aromatic heterocycles. The number of hydrogen-bond donors (Lipinski definition) is 0. The van der Waals surface area contributed by atoms with Crippen molar-refractivity contribution in [1.29, 1.82) is 0 Å². The summed E-state index contributed by atoms with van der Waals surface area (Å²) in [5, 5.41) is 2.31. The Bertz CT molecular complexity index is 2630. The van der Waals surface area contributed by atoms with Gasteiger partial charge in [-0.1, -0.05) is 151 Å². The molecule has 0 atom stereocenters. The van der Waals surface area contributed by atoms with Crippen molar-refractivity contribution in [3.05, 3.63) is 185 Å². The fourth-order valence-corrected chi connectivity index (χ4v) is 9.20. The molecule has 0 fully saturated rings. The number of nitrogens with zero attached hydrogens (tertiary/aromatic N) is 1. The summed E-state index contributed by atoms with van der Waals surface area (Å²) in [6, 6.07) is 56.6. The third kappa shape index (κ3) is 4.51. The van der Waals surface area contributed by atoms with Crippen molar-refractivity contribution in [2.75, 3.05) is 4.90 Å². The zero-order chi connectivity index (χ0) is 36.3. The van der Waals surface area contributed by atoms with Gasteiger partial charge in [-0.15, -0.1) is 0 Å². The largest absolute Gasteiger partial charge is 0.455 e. The van der Waals surface area contributed by atoms with Crippen LogP contribution in [-0.2, 0) is 16.2 Å². The summed E-state index contributed by atoms with van der Waals surface area (Å²) in [5.41, 5.74) is 17.8. The van der Waals surface area contributed by atoms with Crippen LogP contribution in [0.25, 0.3) is 44.2 Å². The summed E-state index contributed by atoms with van der Waals surface area (Å²) >= 11 is 0. The second kappa shape index (κ2) is 11.1. The van der Waals surface area contributed by atoms with E-state index in [4.69, 9.17) is 4.42 Å². The lowest BCUT2D eigenvalue weighted by Gasteiger charge is -2.32. The molecule has 258 valence electrons. The van der Waals surface area contributed by atoms with E-state index in [1.54, 1.807) is 0 Å². The topological polar surface area (TPSA) is 16.4 Å². The van der Waals surface area contributed by atoms with E-state index in [-0.39, 0.29) is 10.8 Å². The molecule has 10 rings (SSSR count). The molecule has 0 saturated carbocycles. The Morgan fingerprint density at radius 2 is 0.962 bits per heavy atom. The van der Waals surface area contributed by atoms with Crippen LogP contribution >= 0.6 is 0 Å². The molecule has 1 heterocycles. The third-order valence-electron chi connectivity index (χ3n) is 11.8. The molecule has 0 saturated heterocycles. The number of fused-ring (bicyclic) bond motifs is 14. The highest BCUT2D eigenvalue weighted by atomic mass is 16.3. The van der Waals surface area contributed by atoms with Gasteiger partial charge in [-0.25, -0.2) is 0 Å². The van der Waals surface area contributed by atoms with Crippen molar-refractivity contribution in [2.24, 2.45) is 0 Å². The molecule has 2 heteroatoms. The van der Waals surface area contributed by atoms with E-state index in [0.717, 1.165) is 39.0 Å². The van der Waals surface area contributed by atoms with E-state index >= 15 is 0 Å². The minimum Gasteiger partial charge on any atom is -0.455 e. The molecular weight excluding hydrogens is 643 g/mol. The van der Waals surface area contributed by atoms with E-state index in [0.29, 0.717) is 0 Å². The highest BCUT2D eigenvalue weighted by Crippen LogP contribution is 2.64. The maximum atomic E-state index is 6.81. The minimum atomic E-state index is -0.501. The molecule has 53 heavy (non-hydrogen) atoms. The summed E-state index contributed by atoms with van der Waals surface area (Å²) in [7, 11) is 0. The SMILES string of the molecule is CC(C)(C)c1ccc(N(c2ccc(C(C)(C)C)cc2)c2ccc3c(c2)C2(c4ccccc4-c4ccccc42)c2ccc4c(oc5ccccc54)c2-3)cc1. The van der Waals surface area contributed by atoms with Crippen molar-refractivity contribution in [2.45, 2.75) is 57.8 Å². The smallest absolute Gasteiger partial charge is 0.143 e. The van der Waals surface area contributed by atoms with Gasteiger partial charge in [0.25, 0.3) is 0 Å². The highest BCUT2D eigenvalue weighted by Gasteiger charge is 2.52. The van der Waals surface area contributed by atoms with Gasteiger partial charge in [0, 0.05) is 33.4 Å². The first-order chi connectivity index (χ1) is 25.5. The summed E-state index contributed by atoms with van der Waals surface area (Å²) in [5.74, 6) is 0. The van der Waals surface area contributed by atoms with Gasteiger partial charge in [-0.3, -0.25) is 0 Å². The van der Waals surface area contributed by atoms with Crippen LogP contribution in [0, 0.1) is 0 Å². The van der Waals surface area contributed by atoms with Crippen LogP contribution in [0.3, 0.4) is 0 Å². The van der Waals surface area contributed by atoms with Gasteiger partial charge in [0.15, 0.2) is 0 Å². The van der Waals surface area contributed by atoms with Crippen LogP contribution in [0.15, 0.2) is 156 Å². The van der Waals surface area contributed by atoms with Gasteiger partial charge in [0.2, 0.25) is 0 Å². The number of furan rings is 1. The van der Waals surface area contributed by atoms with Gasteiger partial charge in [0.05, 0.1) is 5.41 Å². The number of benzene rings is 7. The molecule has 0 N–H and O–H groups in total. The first-order valence-electron chi connectivity index (χ1n) is 18.9. The van der Waals surface area contributed by atoms with Crippen LogP contribution in [0.4, 0.5) is 17.1 Å². The Morgan fingerprint density at radius 1 is 0.434 bits per heavy atom. The van der Waals surface area contributed by atoms with Gasteiger partial charge in [0.1, 0.15) is 11.2 Å². The van der Waals surface area contributed by atoms with Crippen LogP contribution in [-0.4, -0.2) is 0 Å². The zero-order valence-corrected chi connectivity index (χ0v) is 31.3. The van der Waals surface area contributed by atoms with Crippen molar-refractivity contribution < 1.29 is 4.42 Å². The monoisotopic (exact) mass is 685 g/mol. The molecule has 2 nitrogen and oxygen atoms in total. The molecule has 7 aromatic carbocycles. The van der Waals surface area contributed by atoms with Gasteiger partial charge in [-0.05, 0) is 103 Å². The third-order valence-corrected chi connectivity index (χ3v) is 11.8. The quantitative estimate of drug-likeness (QED) is 0.184. The maximum Gasteiger partial charge on any atom is 0.143 e. The van der Waals surface area contributed by atoms with Crippen LogP contribution in [0.1, 0.15) is 74.9 Å². The van der Waals surface area contributed by atoms with Crippen LogP contribution in [0.2, 0.25) is 0 Å². The molecule has 0 amide bonds. The molecule has 2 aliphatic rings. The molecule has 0 bridgehead atoms. The van der Waals surface area contributed by atoms with Gasteiger partial charge >= 0.3 is 0 Å². The second-order valence-electron chi connectivity index (χ2n) is 17.0. The Balaban J connectivity index is 1.27. The van der Waals surface area contributed by atoms with Crippen LogP contribution < -0.4 is 4.90 Å². The van der Waals surface area contributed by atoms with Gasteiger partial charge < -0.3 is 9.32 Å². The molecule has 0 unspecified atom stereocenters. The fraction of sp³-hybridized carbons (Fsp3) is 0.176. The predicted octanol–water partition coefficient (Wildman–Crippen LogP) is 14.0. The van der Waals surface area contributed by atoms with Crippen molar-refractivity contribution in [3.8, 4) is 22.3 Å². The minimum absolute atomic E-state index is 0.0642. The fourth-order valence-electron chi connectivity index (χ4n) is 9.20. The Morgan fingerprint density at radius 3 is 1.55 bits per heavy atom. The molecule has 8 aromatic rings. The van der Waals surface area contributed by atoms with Gasteiger partial charge in [-0.2, -0.15) is 0 Å². The number of hydrogen-bond acceptors (Lipinski definition) is 2. The Labute approximate surface area is 312 Å². The summed E-state index contributed by atoms with van der Waals surface area (Å²) in [6.07, 6.45) is 0. The molecule has 0 aliphatic heterocycles. The predicted molar refractivity (Wildman–Crippen MR) is 222 cm³/mol. The zero-order valence-electron chi connectivity index (χ0n) is 31.3. The molecule has 1 spiro atoms. The average Bonchev–Trinajstić information content (AvgIpc) is 3.79. The van der Waals surface area contributed by atoms with E-state index in [2.05, 4.69) is 198 Å². The molecule has 0 radical (unpaired) electrons. The van der Waals surface area contributed by atoms with Crippen molar-refractivity contribution in [1.82, 2.24) is 0 Å². The van der Waals surface area contributed by atoms with E-state index < -0.39 is 5.41 Å². The first kappa shape index (κ1) is 31.8. The lowest BCUT2D eigenvalue weighted by Crippen LogP contribution is -2.26. The highest BCUT2D eigenvalue weighted by molar-refractivity contribution is 6.13. The van der Waals surface area contributed by atoms with Crippen LogP contribution in [0.5, 0.6) is 0 Å². The summed E-state index contributed by atoms with van der Waals surface area (Å²) < 4.78 is 6.81. The normalized spacial score (nSPS) is 14.0. The standard InChI is InChI=1S/C51H43NO/c1-49(2,3)32-19-23-34(24-20-32)52(35-25-21-33(22-26-35)50(4,5)6)36-27-28-41-45(31-36)51(42-16-10-7-13-37(42)38-14-8-11-17-43(38)51)44-30-29-40-39-15-9-12-18-46(39)53-48(40)47(41)44/h7-31H,1-6H3. The lowest BCUT2D eigenvalue weighted by atomic mass is 9.70. The maximum absolute atomic E-state index is 6.81. The van der Waals surface area contributed by atoms with E-state index in [9.17, 15) is 0 Å². The van der Waals surface area contributed by atoms with E-state index in [1.807, 2.05) is 0 Å². The lowest BCUT2D eigenvalue weighted by molar-refractivity contribution is 0.590. The summed E-state index contributed by atoms with van der Waals surface area (Å²) in [6.45, 7) is 13.7. The number of rotatable bonds is 3. The average molecular weight is 686 g/mol. The Hall–Kier alpha value is -5.86. The Kier molecular flexibility index (Phi) is 6.65.